The molecule has 1 heterocycles. The van der Waals surface area contributed by atoms with E-state index >= 15 is 0 Å². The molecule has 0 saturated heterocycles. The van der Waals surface area contributed by atoms with Crippen molar-refractivity contribution in [2.45, 2.75) is 6.42 Å². The molecule has 0 unspecified atom stereocenters. The van der Waals surface area contributed by atoms with Crippen LogP contribution in [0.3, 0.4) is 0 Å². The predicted molar refractivity (Wildman–Crippen MR) is 123 cm³/mol. The van der Waals surface area contributed by atoms with Gasteiger partial charge >= 0.3 is 0 Å². The maximum Gasteiger partial charge on any atom is 0.260 e. The highest BCUT2D eigenvalue weighted by molar-refractivity contribution is 7.14. The number of benzene rings is 2. The molecule has 5 nitrogen and oxygen atoms in total. The fraction of sp³-hybridized carbons (Fsp3) is 0.273. The Hall–Kier alpha value is -2.48. The van der Waals surface area contributed by atoms with Crippen molar-refractivity contribution in [3.8, 4) is 17.0 Å². The second kappa shape index (κ2) is 11.1. The van der Waals surface area contributed by atoms with Crippen LogP contribution in [0.15, 0.2) is 53.9 Å². The molecule has 0 atom stereocenters. The minimum Gasteiger partial charge on any atom is -0.497 e. The van der Waals surface area contributed by atoms with E-state index in [1.165, 1.54) is 23.5 Å². The van der Waals surface area contributed by atoms with Gasteiger partial charge in [0.15, 0.2) is 5.13 Å². The maximum atomic E-state index is 13.2. The Labute approximate surface area is 186 Å². The number of halogens is 2. The number of nitrogens with zero attached hydrogens (tertiary/aromatic N) is 3. The van der Waals surface area contributed by atoms with Gasteiger partial charge in [-0.15, -0.1) is 23.7 Å². The van der Waals surface area contributed by atoms with Gasteiger partial charge in [-0.2, -0.15) is 0 Å². The van der Waals surface area contributed by atoms with Crippen molar-refractivity contribution in [3.63, 3.8) is 0 Å². The summed E-state index contributed by atoms with van der Waals surface area (Å²) in [5.74, 6) is 0.309. The number of rotatable bonds is 8. The number of anilines is 1. The van der Waals surface area contributed by atoms with Gasteiger partial charge in [0.05, 0.1) is 12.8 Å². The number of thiazole rings is 1. The lowest BCUT2D eigenvalue weighted by Gasteiger charge is -2.21. The van der Waals surface area contributed by atoms with Crippen LogP contribution < -0.4 is 9.64 Å². The molecule has 0 spiro atoms. The van der Waals surface area contributed by atoms with Crippen molar-refractivity contribution in [1.82, 2.24) is 9.88 Å². The molecule has 160 valence electrons. The highest BCUT2D eigenvalue weighted by Crippen LogP contribution is 2.29. The minimum absolute atomic E-state index is 0. The molecule has 0 saturated carbocycles. The van der Waals surface area contributed by atoms with E-state index in [2.05, 4.69) is 9.88 Å². The lowest BCUT2D eigenvalue weighted by Crippen LogP contribution is -2.33. The molecule has 0 aliphatic rings. The summed E-state index contributed by atoms with van der Waals surface area (Å²) in [6, 6.07) is 13.3. The number of carbonyl (C=O) groups excluding carboxylic acids is 1. The van der Waals surface area contributed by atoms with Crippen molar-refractivity contribution in [1.29, 1.82) is 0 Å². The van der Waals surface area contributed by atoms with Gasteiger partial charge in [0.1, 0.15) is 11.6 Å². The van der Waals surface area contributed by atoms with Crippen molar-refractivity contribution < 1.29 is 13.9 Å². The minimum atomic E-state index is -0.288. The van der Waals surface area contributed by atoms with Crippen LogP contribution in [-0.2, 0) is 0 Å². The van der Waals surface area contributed by atoms with E-state index in [0.29, 0.717) is 23.0 Å². The topological polar surface area (TPSA) is 45.7 Å². The zero-order valence-electron chi connectivity index (χ0n) is 17.2. The number of hydrogen-bond acceptors (Lipinski definition) is 5. The molecule has 30 heavy (non-hydrogen) atoms. The monoisotopic (exact) mass is 449 g/mol. The van der Waals surface area contributed by atoms with Crippen LogP contribution in [0, 0.1) is 5.82 Å². The van der Waals surface area contributed by atoms with E-state index in [9.17, 15) is 9.18 Å². The summed E-state index contributed by atoms with van der Waals surface area (Å²) in [7, 11) is 5.61. The molecule has 0 bridgehead atoms. The SMILES string of the molecule is COc1ccc(C(=O)N(CCCN(C)C)c2nc(-c3ccc(F)cc3)cs2)cc1.Cl. The highest BCUT2D eigenvalue weighted by atomic mass is 35.5. The third kappa shape index (κ3) is 6.01. The molecule has 8 heteroatoms. The first-order valence-electron chi connectivity index (χ1n) is 9.30. The zero-order valence-corrected chi connectivity index (χ0v) is 18.8. The molecule has 0 aliphatic carbocycles. The summed E-state index contributed by atoms with van der Waals surface area (Å²) in [5, 5.41) is 2.52. The van der Waals surface area contributed by atoms with Crippen LogP contribution in [-0.4, -0.2) is 50.1 Å². The quantitative estimate of drug-likeness (QED) is 0.486. The Balaban J connectivity index is 0.00000320. The van der Waals surface area contributed by atoms with Crippen LogP contribution in [0.2, 0.25) is 0 Å². The number of hydrogen-bond donors (Lipinski definition) is 0. The summed E-state index contributed by atoms with van der Waals surface area (Å²) in [5.41, 5.74) is 2.12. The molecular formula is C22H25ClFN3O2S. The normalized spacial score (nSPS) is 10.6. The third-order valence-electron chi connectivity index (χ3n) is 4.43. The van der Waals surface area contributed by atoms with E-state index in [4.69, 9.17) is 4.74 Å². The molecule has 2 aromatic carbocycles. The average Bonchev–Trinajstić information content (AvgIpc) is 3.21. The van der Waals surface area contributed by atoms with E-state index < -0.39 is 0 Å². The third-order valence-corrected chi connectivity index (χ3v) is 5.30. The molecular weight excluding hydrogens is 425 g/mol. The smallest absolute Gasteiger partial charge is 0.260 e. The largest absolute Gasteiger partial charge is 0.497 e. The molecule has 3 aromatic rings. The Kier molecular flexibility index (Phi) is 8.77. The number of carbonyl (C=O) groups is 1. The van der Waals surface area contributed by atoms with E-state index in [1.54, 1.807) is 48.4 Å². The Bertz CT molecular complexity index is 946. The Morgan fingerprint density at radius 2 is 1.73 bits per heavy atom. The molecule has 0 aliphatic heterocycles. The number of methoxy groups -OCH3 is 1. The standard InChI is InChI=1S/C22H24FN3O2S.ClH/c1-25(2)13-4-14-26(21(27)17-7-11-19(28-3)12-8-17)22-24-20(15-29-22)16-5-9-18(23)10-6-16;/h5-12,15H,4,13-14H2,1-3H3;1H. The molecule has 1 amide bonds. The van der Waals surface area contributed by atoms with Crippen molar-refractivity contribution in [3.05, 3.63) is 65.3 Å². The zero-order chi connectivity index (χ0) is 20.8. The molecule has 0 radical (unpaired) electrons. The van der Waals surface area contributed by atoms with Crippen molar-refractivity contribution in [2.75, 3.05) is 39.2 Å². The van der Waals surface area contributed by atoms with Gasteiger partial charge in [-0.25, -0.2) is 9.37 Å². The number of amides is 1. The second-order valence-corrected chi connectivity index (χ2v) is 7.70. The van der Waals surface area contributed by atoms with Crippen molar-refractivity contribution in [2.24, 2.45) is 0 Å². The lowest BCUT2D eigenvalue weighted by atomic mass is 10.2. The summed E-state index contributed by atoms with van der Waals surface area (Å²) in [6.45, 7) is 1.42. The fourth-order valence-corrected chi connectivity index (χ4v) is 3.72. The molecule has 1 aromatic heterocycles. The molecule has 0 fully saturated rings. The van der Waals surface area contributed by atoms with Gasteiger partial charge in [-0.1, -0.05) is 0 Å². The van der Waals surface area contributed by atoms with Gasteiger partial charge < -0.3 is 9.64 Å². The van der Waals surface area contributed by atoms with Crippen LogP contribution in [0.25, 0.3) is 11.3 Å². The molecule has 3 rings (SSSR count). The predicted octanol–water partition coefficient (Wildman–Crippen LogP) is 4.98. The van der Waals surface area contributed by atoms with Gasteiger partial charge in [0.2, 0.25) is 0 Å². The van der Waals surface area contributed by atoms with Crippen LogP contribution in [0.1, 0.15) is 16.8 Å². The number of aromatic nitrogens is 1. The fourth-order valence-electron chi connectivity index (χ4n) is 2.86. The Morgan fingerprint density at radius 1 is 1.07 bits per heavy atom. The first-order valence-corrected chi connectivity index (χ1v) is 10.2. The summed E-state index contributed by atoms with van der Waals surface area (Å²) < 4.78 is 18.4. The highest BCUT2D eigenvalue weighted by Gasteiger charge is 2.21. The van der Waals surface area contributed by atoms with Crippen LogP contribution in [0.4, 0.5) is 9.52 Å². The average molecular weight is 450 g/mol. The first kappa shape index (κ1) is 23.8. The van der Waals surface area contributed by atoms with Crippen molar-refractivity contribution >= 4 is 34.8 Å². The number of ether oxygens (including phenoxy) is 1. The maximum absolute atomic E-state index is 13.2. The van der Waals surface area contributed by atoms with Gasteiger partial charge in [0, 0.05) is 23.1 Å². The van der Waals surface area contributed by atoms with Crippen LogP contribution in [0.5, 0.6) is 5.75 Å². The lowest BCUT2D eigenvalue weighted by molar-refractivity contribution is 0.0986. The van der Waals surface area contributed by atoms with Gasteiger partial charge in [-0.05, 0) is 75.6 Å². The van der Waals surface area contributed by atoms with Gasteiger partial charge in [-0.3, -0.25) is 9.69 Å². The summed E-state index contributed by atoms with van der Waals surface area (Å²) in [4.78, 5) is 21.6. The van der Waals surface area contributed by atoms with E-state index in [0.717, 1.165) is 24.2 Å². The summed E-state index contributed by atoms with van der Waals surface area (Å²) >= 11 is 1.41. The first-order chi connectivity index (χ1) is 14.0. The van der Waals surface area contributed by atoms with E-state index in [1.807, 2.05) is 19.5 Å². The Morgan fingerprint density at radius 3 is 2.33 bits per heavy atom. The van der Waals surface area contributed by atoms with E-state index in [-0.39, 0.29) is 24.1 Å². The van der Waals surface area contributed by atoms with Crippen LogP contribution >= 0.6 is 23.7 Å². The molecule has 0 N–H and O–H groups in total. The second-order valence-electron chi connectivity index (χ2n) is 6.86. The summed E-state index contributed by atoms with van der Waals surface area (Å²) in [6.07, 6.45) is 0.820. The van der Waals surface area contributed by atoms with Gasteiger partial charge in [0.25, 0.3) is 5.91 Å².